The van der Waals surface area contributed by atoms with E-state index >= 15 is 0 Å². The molecule has 1 fully saturated rings. The summed E-state index contributed by atoms with van der Waals surface area (Å²) >= 11 is 1.47. The van der Waals surface area contributed by atoms with E-state index in [0.29, 0.717) is 11.7 Å². The zero-order valence-corrected chi connectivity index (χ0v) is 9.22. The topological polar surface area (TPSA) is 30.0 Å². The Morgan fingerprint density at radius 1 is 1.57 bits per heavy atom. The van der Waals surface area contributed by atoms with Crippen LogP contribution in [0.4, 0.5) is 0 Å². The fraction of sp³-hybridized carbons (Fsp3) is 0.636. The summed E-state index contributed by atoms with van der Waals surface area (Å²) in [5.74, 6) is 1.30. The monoisotopic (exact) mass is 209 g/mol. The molecule has 2 unspecified atom stereocenters. The van der Waals surface area contributed by atoms with Gasteiger partial charge in [-0.25, -0.2) is 0 Å². The highest BCUT2D eigenvalue weighted by Crippen LogP contribution is 2.31. The number of carbonyl (C=O) groups is 1. The van der Waals surface area contributed by atoms with Gasteiger partial charge in [0.15, 0.2) is 5.78 Å². The van der Waals surface area contributed by atoms with Gasteiger partial charge in [0, 0.05) is 12.1 Å². The molecule has 0 bridgehead atoms. The summed E-state index contributed by atoms with van der Waals surface area (Å²) in [6.07, 6.45) is 6.33. The van der Waals surface area contributed by atoms with Crippen molar-refractivity contribution in [3.05, 3.63) is 16.6 Å². The first-order chi connectivity index (χ1) is 6.77. The van der Waals surface area contributed by atoms with Crippen molar-refractivity contribution in [2.24, 2.45) is 11.8 Å². The molecule has 76 valence electrons. The van der Waals surface area contributed by atoms with Crippen LogP contribution in [-0.4, -0.2) is 10.8 Å². The van der Waals surface area contributed by atoms with Crippen LogP contribution in [0.15, 0.2) is 11.7 Å². The minimum Gasteiger partial charge on any atom is -0.293 e. The fourth-order valence-electron chi connectivity index (χ4n) is 2.21. The Bertz CT molecular complexity index is 307. The van der Waals surface area contributed by atoms with E-state index in [2.05, 4.69) is 11.9 Å². The van der Waals surface area contributed by atoms with Gasteiger partial charge in [-0.1, -0.05) is 19.8 Å². The summed E-state index contributed by atoms with van der Waals surface area (Å²) in [5, 5.41) is 0. The van der Waals surface area contributed by atoms with Gasteiger partial charge >= 0.3 is 0 Å². The molecule has 0 saturated heterocycles. The van der Waals surface area contributed by atoms with Gasteiger partial charge in [-0.3, -0.25) is 9.78 Å². The molecule has 0 N–H and O–H groups in total. The largest absolute Gasteiger partial charge is 0.293 e. The highest BCUT2D eigenvalue weighted by atomic mass is 32.1. The highest BCUT2D eigenvalue weighted by molar-refractivity contribution is 7.11. The molecule has 2 nitrogen and oxygen atoms in total. The fourth-order valence-corrected chi connectivity index (χ4v) is 2.85. The number of ketones is 1. The molecule has 2 rings (SSSR count). The van der Waals surface area contributed by atoms with Crippen molar-refractivity contribution in [3.63, 3.8) is 0 Å². The van der Waals surface area contributed by atoms with E-state index in [0.717, 1.165) is 17.7 Å². The number of carbonyl (C=O) groups excluding carboxylic acids is 1. The Labute approximate surface area is 88.4 Å². The van der Waals surface area contributed by atoms with Gasteiger partial charge in [-0.15, -0.1) is 11.3 Å². The van der Waals surface area contributed by atoms with Gasteiger partial charge in [-0.2, -0.15) is 0 Å². The van der Waals surface area contributed by atoms with Gasteiger partial charge in [-0.05, 0) is 18.8 Å². The summed E-state index contributed by atoms with van der Waals surface area (Å²) in [7, 11) is 0. The van der Waals surface area contributed by atoms with Crippen molar-refractivity contribution in [2.75, 3.05) is 0 Å². The molecule has 0 aliphatic heterocycles. The molecule has 1 aromatic heterocycles. The third kappa shape index (κ3) is 2.03. The summed E-state index contributed by atoms with van der Waals surface area (Å²) < 4.78 is 0. The first kappa shape index (κ1) is 9.84. The lowest BCUT2D eigenvalue weighted by Crippen LogP contribution is -2.21. The molecule has 2 atom stereocenters. The normalized spacial score (nSPS) is 27.5. The number of hydrogen-bond acceptors (Lipinski definition) is 3. The van der Waals surface area contributed by atoms with Gasteiger partial charge in [0.05, 0.1) is 10.4 Å². The van der Waals surface area contributed by atoms with Crippen molar-refractivity contribution < 1.29 is 4.79 Å². The zero-order valence-electron chi connectivity index (χ0n) is 8.40. The first-order valence-electron chi connectivity index (χ1n) is 5.20. The lowest BCUT2D eigenvalue weighted by molar-refractivity contribution is 0.0872. The summed E-state index contributed by atoms with van der Waals surface area (Å²) in [6, 6.07) is 0. The van der Waals surface area contributed by atoms with E-state index in [-0.39, 0.29) is 5.92 Å². The molecule has 1 aliphatic carbocycles. The lowest BCUT2D eigenvalue weighted by atomic mass is 9.80. The van der Waals surface area contributed by atoms with Crippen molar-refractivity contribution >= 4 is 17.1 Å². The molecule has 1 aliphatic rings. The number of Topliss-reactive ketones (excluding diaryl/α,β-unsaturated/α-hetero) is 1. The predicted molar refractivity (Wildman–Crippen MR) is 57.6 cm³/mol. The van der Waals surface area contributed by atoms with Crippen LogP contribution >= 0.6 is 11.3 Å². The maximum Gasteiger partial charge on any atom is 0.177 e. The summed E-state index contributed by atoms with van der Waals surface area (Å²) in [5.41, 5.74) is 1.74. The Morgan fingerprint density at radius 3 is 3.07 bits per heavy atom. The third-order valence-electron chi connectivity index (χ3n) is 2.98. The van der Waals surface area contributed by atoms with Crippen LogP contribution in [0.25, 0.3) is 0 Å². The molecule has 1 heterocycles. The smallest absolute Gasteiger partial charge is 0.177 e. The maximum absolute atomic E-state index is 12.0. The number of hydrogen-bond donors (Lipinski definition) is 0. The Balaban J connectivity index is 2.04. The Kier molecular flexibility index (Phi) is 2.96. The number of rotatable bonds is 2. The average molecular weight is 209 g/mol. The van der Waals surface area contributed by atoms with Crippen LogP contribution < -0.4 is 0 Å². The lowest BCUT2D eigenvalue weighted by Gasteiger charge is -2.24. The van der Waals surface area contributed by atoms with E-state index in [1.54, 1.807) is 11.7 Å². The molecule has 0 radical (unpaired) electrons. The SMILES string of the molecule is CC1CCCC(C(=O)c2cncs2)C1. The van der Waals surface area contributed by atoms with E-state index in [4.69, 9.17) is 0 Å². The van der Waals surface area contributed by atoms with Crippen LogP contribution in [0.5, 0.6) is 0 Å². The van der Waals surface area contributed by atoms with Gasteiger partial charge in [0.1, 0.15) is 0 Å². The highest BCUT2D eigenvalue weighted by Gasteiger charge is 2.26. The second-order valence-corrected chi connectivity index (χ2v) is 5.08. The Hall–Kier alpha value is -0.700. The van der Waals surface area contributed by atoms with Gasteiger partial charge in [0.25, 0.3) is 0 Å². The molecule has 0 spiro atoms. The van der Waals surface area contributed by atoms with Crippen molar-refractivity contribution in [3.8, 4) is 0 Å². The van der Waals surface area contributed by atoms with Crippen molar-refractivity contribution in [2.45, 2.75) is 32.6 Å². The van der Waals surface area contributed by atoms with Crippen LogP contribution in [0, 0.1) is 11.8 Å². The number of nitrogens with zero attached hydrogens (tertiary/aromatic N) is 1. The number of aromatic nitrogens is 1. The zero-order chi connectivity index (χ0) is 9.97. The van der Waals surface area contributed by atoms with Crippen LogP contribution in [0.1, 0.15) is 42.3 Å². The van der Waals surface area contributed by atoms with E-state index in [1.165, 1.54) is 24.2 Å². The molecule has 0 amide bonds. The van der Waals surface area contributed by atoms with E-state index in [9.17, 15) is 4.79 Å². The quantitative estimate of drug-likeness (QED) is 0.700. The van der Waals surface area contributed by atoms with Gasteiger partial charge in [0.2, 0.25) is 0 Å². The van der Waals surface area contributed by atoms with E-state index in [1.807, 2.05) is 0 Å². The van der Waals surface area contributed by atoms with Crippen molar-refractivity contribution in [1.82, 2.24) is 4.98 Å². The molecular formula is C11H15NOS. The van der Waals surface area contributed by atoms with Crippen LogP contribution in [0.3, 0.4) is 0 Å². The van der Waals surface area contributed by atoms with E-state index < -0.39 is 0 Å². The molecule has 3 heteroatoms. The minimum atomic E-state index is 0.263. The van der Waals surface area contributed by atoms with Gasteiger partial charge < -0.3 is 0 Å². The maximum atomic E-state index is 12.0. The Morgan fingerprint density at radius 2 is 2.43 bits per heavy atom. The van der Waals surface area contributed by atoms with Crippen LogP contribution in [-0.2, 0) is 0 Å². The second kappa shape index (κ2) is 4.22. The first-order valence-corrected chi connectivity index (χ1v) is 6.08. The molecule has 0 aromatic carbocycles. The summed E-state index contributed by atoms with van der Waals surface area (Å²) in [6.45, 7) is 2.24. The standard InChI is InChI=1S/C11H15NOS/c1-8-3-2-4-9(5-8)11(13)10-6-12-7-14-10/h6-9H,2-5H2,1H3. The molecule has 1 saturated carbocycles. The molecule has 14 heavy (non-hydrogen) atoms. The second-order valence-electron chi connectivity index (χ2n) is 4.20. The number of thiazole rings is 1. The average Bonchev–Trinajstić information content (AvgIpc) is 2.69. The van der Waals surface area contributed by atoms with Crippen molar-refractivity contribution in [1.29, 1.82) is 0 Å². The summed E-state index contributed by atoms with van der Waals surface area (Å²) in [4.78, 5) is 16.8. The molecular weight excluding hydrogens is 194 g/mol. The predicted octanol–water partition coefficient (Wildman–Crippen LogP) is 3.15. The molecule has 1 aromatic rings. The minimum absolute atomic E-state index is 0.263. The van der Waals surface area contributed by atoms with Crippen LogP contribution in [0.2, 0.25) is 0 Å². The third-order valence-corrected chi connectivity index (χ3v) is 3.77.